The summed E-state index contributed by atoms with van der Waals surface area (Å²) >= 11 is 7.56. The van der Waals surface area contributed by atoms with Crippen molar-refractivity contribution in [2.24, 2.45) is 0 Å². The van der Waals surface area contributed by atoms with Crippen LogP contribution in [0.1, 0.15) is 22.3 Å². The lowest BCUT2D eigenvalue weighted by Crippen LogP contribution is -1.98. The third kappa shape index (κ3) is 3.89. The first kappa shape index (κ1) is 18.9. The summed E-state index contributed by atoms with van der Waals surface area (Å²) < 4.78 is 2.16. The summed E-state index contributed by atoms with van der Waals surface area (Å²) in [5.41, 5.74) is 7.11. The minimum atomic E-state index is 1.08. The molecule has 28 heavy (non-hydrogen) atoms. The smallest absolute Gasteiger partial charge is 0.0254 e. The van der Waals surface area contributed by atoms with Gasteiger partial charge in [-0.05, 0) is 45.5 Å². The van der Waals surface area contributed by atoms with E-state index < -0.39 is 0 Å². The fourth-order valence-corrected chi connectivity index (χ4v) is 4.37. The lowest BCUT2D eigenvalue weighted by Gasteiger charge is -2.19. The number of hydrogen-bond acceptors (Lipinski definition) is 0. The van der Waals surface area contributed by atoms with Crippen molar-refractivity contribution < 1.29 is 0 Å². The van der Waals surface area contributed by atoms with Crippen LogP contribution in [-0.2, 0) is 0 Å². The molecule has 0 amide bonds. The van der Waals surface area contributed by atoms with E-state index in [2.05, 4.69) is 141 Å². The molecule has 4 rings (SSSR count). The van der Waals surface area contributed by atoms with Crippen molar-refractivity contribution in [1.29, 1.82) is 0 Å². The molecule has 0 aromatic heterocycles. The van der Waals surface area contributed by atoms with Crippen molar-refractivity contribution in [3.63, 3.8) is 0 Å². The highest BCUT2D eigenvalue weighted by molar-refractivity contribution is 9.10. The summed E-state index contributed by atoms with van der Waals surface area (Å²) in [4.78, 5) is 0. The van der Waals surface area contributed by atoms with Crippen LogP contribution >= 0.6 is 31.9 Å². The van der Waals surface area contributed by atoms with Gasteiger partial charge in [0, 0.05) is 8.95 Å². The Morgan fingerprint density at radius 3 is 1.07 bits per heavy atom. The molecule has 0 N–H and O–H groups in total. The van der Waals surface area contributed by atoms with E-state index in [1.165, 1.54) is 33.4 Å². The zero-order valence-corrected chi connectivity index (χ0v) is 18.3. The van der Waals surface area contributed by atoms with E-state index in [-0.39, 0.29) is 0 Å². The molecule has 0 saturated carbocycles. The van der Waals surface area contributed by atoms with Gasteiger partial charge in [0.1, 0.15) is 0 Å². The molecule has 0 aliphatic heterocycles. The Morgan fingerprint density at radius 1 is 0.393 bits per heavy atom. The van der Waals surface area contributed by atoms with Crippen LogP contribution in [0.5, 0.6) is 0 Å². The largest absolute Gasteiger partial charge is 0.0622 e. The minimum absolute atomic E-state index is 1.08. The van der Waals surface area contributed by atoms with Crippen molar-refractivity contribution >= 4 is 43.0 Å². The molecule has 0 aliphatic rings. The molecule has 0 bridgehead atoms. The quantitative estimate of drug-likeness (QED) is 0.253. The first-order valence-corrected chi connectivity index (χ1v) is 10.7. The Labute approximate surface area is 182 Å². The molecule has 0 heterocycles. The summed E-state index contributed by atoms with van der Waals surface area (Å²) in [6, 6.07) is 38.0. The van der Waals surface area contributed by atoms with Crippen LogP contribution in [0.2, 0.25) is 0 Å². The van der Waals surface area contributed by atoms with Gasteiger partial charge in [-0.2, -0.15) is 0 Å². The maximum Gasteiger partial charge on any atom is 0.0254 e. The maximum absolute atomic E-state index is 3.78. The second-order valence-corrected chi connectivity index (χ2v) is 8.15. The fraction of sp³-hybridized carbons (Fsp3) is 0. The van der Waals surface area contributed by atoms with Crippen LogP contribution in [0.4, 0.5) is 0 Å². The van der Waals surface area contributed by atoms with Crippen molar-refractivity contribution in [1.82, 2.24) is 0 Å². The highest BCUT2D eigenvalue weighted by Crippen LogP contribution is 2.41. The average Bonchev–Trinajstić information content (AvgIpc) is 2.75. The number of rotatable bonds is 4. The second-order valence-electron chi connectivity index (χ2n) is 6.44. The zero-order valence-electron chi connectivity index (χ0n) is 15.1. The Balaban J connectivity index is 2.16. The second kappa shape index (κ2) is 8.72. The van der Waals surface area contributed by atoms with Gasteiger partial charge >= 0.3 is 0 Å². The normalized spacial score (nSPS) is 11.8. The Hall–Kier alpha value is -2.42. The zero-order chi connectivity index (χ0) is 19.3. The van der Waals surface area contributed by atoms with Crippen LogP contribution in [0.25, 0.3) is 11.1 Å². The molecule has 0 aliphatic carbocycles. The molecule has 0 fully saturated rings. The van der Waals surface area contributed by atoms with E-state index in [1.54, 1.807) is 0 Å². The van der Waals surface area contributed by atoms with Gasteiger partial charge in [-0.1, -0.05) is 129 Å². The van der Waals surface area contributed by atoms with Crippen LogP contribution in [0, 0.1) is 0 Å². The van der Waals surface area contributed by atoms with Gasteiger partial charge in [-0.25, -0.2) is 0 Å². The highest BCUT2D eigenvalue weighted by atomic mass is 79.9. The predicted molar refractivity (Wildman–Crippen MR) is 126 cm³/mol. The van der Waals surface area contributed by atoms with E-state index in [9.17, 15) is 0 Å². The van der Waals surface area contributed by atoms with E-state index in [0.29, 0.717) is 0 Å². The molecule has 0 radical (unpaired) electrons. The van der Waals surface area contributed by atoms with Gasteiger partial charge in [0.25, 0.3) is 0 Å². The van der Waals surface area contributed by atoms with Gasteiger partial charge in [0.05, 0.1) is 0 Å². The number of benzene rings is 4. The summed E-state index contributed by atoms with van der Waals surface area (Å²) in [5.74, 6) is 0. The van der Waals surface area contributed by atoms with E-state index in [1.807, 2.05) is 0 Å². The van der Waals surface area contributed by atoms with Crippen molar-refractivity contribution in [3.05, 3.63) is 140 Å². The molecule has 136 valence electrons. The van der Waals surface area contributed by atoms with Crippen LogP contribution < -0.4 is 0 Å². The highest BCUT2D eigenvalue weighted by Gasteiger charge is 2.19. The topological polar surface area (TPSA) is 0 Å². The maximum atomic E-state index is 3.78. The van der Waals surface area contributed by atoms with Crippen molar-refractivity contribution in [2.45, 2.75) is 0 Å². The third-order valence-electron chi connectivity index (χ3n) is 4.66. The molecule has 0 saturated heterocycles. The van der Waals surface area contributed by atoms with E-state index in [0.717, 1.165) is 8.95 Å². The van der Waals surface area contributed by atoms with Crippen LogP contribution in [0.15, 0.2) is 118 Å². The Kier molecular flexibility index (Phi) is 5.90. The number of halogens is 2. The van der Waals surface area contributed by atoms with Crippen LogP contribution in [0.3, 0.4) is 0 Å². The van der Waals surface area contributed by atoms with E-state index in [4.69, 9.17) is 0 Å². The summed E-state index contributed by atoms with van der Waals surface area (Å²) in [5, 5.41) is 0. The summed E-state index contributed by atoms with van der Waals surface area (Å²) in [6.45, 7) is 0. The monoisotopic (exact) mass is 488 g/mol. The van der Waals surface area contributed by atoms with Crippen molar-refractivity contribution in [2.75, 3.05) is 0 Å². The van der Waals surface area contributed by atoms with Gasteiger partial charge in [0.2, 0.25) is 0 Å². The lowest BCUT2D eigenvalue weighted by atomic mass is 9.86. The molecule has 4 aromatic rings. The third-order valence-corrected chi connectivity index (χ3v) is 6.04. The molecule has 0 nitrogen and oxygen atoms in total. The molecule has 4 aromatic carbocycles. The minimum Gasteiger partial charge on any atom is -0.0622 e. The summed E-state index contributed by atoms with van der Waals surface area (Å²) in [7, 11) is 0. The molecular formula is C26H18Br2. The fourth-order valence-electron chi connectivity index (χ4n) is 3.41. The first-order valence-electron chi connectivity index (χ1n) is 9.10. The lowest BCUT2D eigenvalue weighted by molar-refractivity contribution is 1.47. The van der Waals surface area contributed by atoms with Gasteiger partial charge in [-0.15, -0.1) is 0 Å². The van der Waals surface area contributed by atoms with Crippen LogP contribution in [-0.4, -0.2) is 0 Å². The van der Waals surface area contributed by atoms with Gasteiger partial charge < -0.3 is 0 Å². The number of hydrogen-bond donors (Lipinski definition) is 0. The summed E-state index contributed by atoms with van der Waals surface area (Å²) in [6.07, 6.45) is 0. The van der Waals surface area contributed by atoms with Gasteiger partial charge in [-0.3, -0.25) is 0 Å². The molecular weight excluding hydrogens is 472 g/mol. The molecule has 0 unspecified atom stereocenters. The molecule has 2 heteroatoms. The van der Waals surface area contributed by atoms with E-state index >= 15 is 0 Å². The van der Waals surface area contributed by atoms with Crippen molar-refractivity contribution in [3.8, 4) is 0 Å². The molecule has 0 atom stereocenters. The Bertz CT molecular complexity index is 1020. The average molecular weight is 490 g/mol. The predicted octanol–water partition coefficient (Wildman–Crippen LogP) is 8.22. The van der Waals surface area contributed by atoms with Gasteiger partial charge in [0.15, 0.2) is 0 Å². The Morgan fingerprint density at radius 2 is 0.714 bits per heavy atom. The first-order chi connectivity index (χ1) is 13.8. The SMILES string of the molecule is Brc1ccccc1C(=C(c1ccccc1)c1ccccc1Br)c1ccccc1. The standard InChI is InChI=1S/C26H18Br2/c27-23-17-9-7-15-21(23)25(19-11-3-1-4-12-19)26(20-13-5-2-6-14-20)22-16-8-10-18-24(22)28/h1-18H. The molecule has 0 spiro atoms.